The van der Waals surface area contributed by atoms with Gasteiger partial charge in [-0.25, -0.2) is 0 Å². The van der Waals surface area contributed by atoms with Crippen LogP contribution in [0.3, 0.4) is 0 Å². The maximum Gasteiger partial charge on any atom is 1.00 e. The van der Waals surface area contributed by atoms with Gasteiger partial charge in [-0.1, -0.05) is 12.7 Å². The fourth-order valence-corrected chi connectivity index (χ4v) is 1.45. The molecule has 0 atom stereocenters. The molecule has 0 spiro atoms. The first-order chi connectivity index (χ1) is 5.99. The number of rotatable bonds is 4. The van der Waals surface area contributed by atoms with Gasteiger partial charge in [-0.15, -0.1) is 0 Å². The minimum absolute atomic E-state index is 0. The molecule has 1 rings (SSSR count). The van der Waals surface area contributed by atoms with Crippen molar-refractivity contribution in [2.75, 3.05) is 13.1 Å². The summed E-state index contributed by atoms with van der Waals surface area (Å²) in [5, 5.41) is 0. The molecule has 14 heavy (non-hydrogen) atoms. The van der Waals surface area contributed by atoms with Gasteiger partial charge < -0.3 is 17.8 Å². The molecule has 0 aromatic rings. The van der Waals surface area contributed by atoms with Crippen LogP contribution in [0.2, 0.25) is 6.32 Å². The summed E-state index contributed by atoms with van der Waals surface area (Å²) in [4.78, 5) is 12.5. The molecule has 0 aromatic heterocycles. The molecule has 76 valence electrons. The van der Waals surface area contributed by atoms with Crippen LogP contribution in [0.15, 0.2) is 0 Å². The summed E-state index contributed by atoms with van der Waals surface area (Å²) in [6.45, 7) is -3.78. The summed E-state index contributed by atoms with van der Waals surface area (Å²) < 4.78 is 35.4. The van der Waals surface area contributed by atoms with Crippen LogP contribution in [-0.2, 0) is 4.79 Å². The molecule has 0 bridgehead atoms. The van der Waals surface area contributed by atoms with Crippen molar-refractivity contribution in [3.05, 3.63) is 0 Å². The summed E-state index contributed by atoms with van der Waals surface area (Å²) in [5.41, 5.74) is 0. The molecule has 7 heteroatoms. The van der Waals surface area contributed by atoms with Crippen LogP contribution < -0.4 is 51.4 Å². The Hall–Kier alpha value is 0.961. The predicted molar refractivity (Wildman–Crippen MR) is 44.3 cm³/mol. The quantitative estimate of drug-likeness (QED) is 0.561. The fraction of sp³-hybridized carbons (Fsp3) is 0.857. The van der Waals surface area contributed by atoms with E-state index in [0.29, 0.717) is 13.0 Å². The standard InChI is InChI=1S/C7H12BF3NO.K/c9-8(10,11)4-2-6-12-5-1-3-7(12)13;/h1-6H2;/q-1;+1. The first-order valence-corrected chi connectivity index (χ1v) is 4.48. The molecule has 0 saturated carbocycles. The predicted octanol–water partition coefficient (Wildman–Crippen LogP) is -1.15. The van der Waals surface area contributed by atoms with Crippen molar-refractivity contribution in [1.29, 1.82) is 0 Å². The fourth-order valence-electron chi connectivity index (χ4n) is 1.45. The van der Waals surface area contributed by atoms with Crippen molar-refractivity contribution in [1.82, 2.24) is 4.90 Å². The number of hydrogen-bond acceptors (Lipinski definition) is 1. The zero-order valence-corrected chi connectivity index (χ0v) is 11.4. The molecule has 0 unspecified atom stereocenters. The first-order valence-electron chi connectivity index (χ1n) is 4.48. The number of amides is 1. The summed E-state index contributed by atoms with van der Waals surface area (Å²) in [6, 6.07) is 0. The number of likely N-dealkylation sites (tertiary alicyclic amines) is 1. The van der Waals surface area contributed by atoms with Gasteiger partial charge in [-0.3, -0.25) is 4.79 Å². The Morgan fingerprint density at radius 1 is 1.36 bits per heavy atom. The van der Waals surface area contributed by atoms with Gasteiger partial charge in [0.05, 0.1) is 0 Å². The van der Waals surface area contributed by atoms with E-state index in [-0.39, 0.29) is 70.3 Å². The minimum Gasteiger partial charge on any atom is -0.449 e. The van der Waals surface area contributed by atoms with E-state index in [9.17, 15) is 17.7 Å². The maximum absolute atomic E-state index is 11.8. The molecule has 1 amide bonds. The van der Waals surface area contributed by atoms with Gasteiger partial charge in [-0.2, -0.15) is 0 Å². The summed E-state index contributed by atoms with van der Waals surface area (Å²) in [5.74, 6) is -0.00493. The van der Waals surface area contributed by atoms with Crippen molar-refractivity contribution in [3.63, 3.8) is 0 Å². The minimum atomic E-state index is -4.68. The maximum atomic E-state index is 11.8. The Morgan fingerprint density at radius 3 is 2.43 bits per heavy atom. The Labute approximate surface area is 124 Å². The summed E-state index contributed by atoms with van der Waals surface area (Å²) in [6.07, 6.45) is 0.603. The Kier molecular flexibility index (Phi) is 6.97. The zero-order valence-electron chi connectivity index (χ0n) is 8.31. The average Bonchev–Trinajstić information content (AvgIpc) is 2.34. The number of nitrogens with zero attached hydrogens (tertiary/aromatic N) is 1. The second-order valence-corrected chi connectivity index (χ2v) is 3.34. The summed E-state index contributed by atoms with van der Waals surface area (Å²) in [7, 11) is 0. The van der Waals surface area contributed by atoms with E-state index < -0.39 is 13.3 Å². The van der Waals surface area contributed by atoms with Crippen molar-refractivity contribution in [2.24, 2.45) is 0 Å². The van der Waals surface area contributed by atoms with Crippen molar-refractivity contribution in [3.8, 4) is 0 Å². The van der Waals surface area contributed by atoms with Gasteiger partial charge in [-0.05, 0) is 6.42 Å². The zero-order chi connectivity index (χ0) is 9.90. The molecule has 1 aliphatic rings. The number of carbonyl (C=O) groups excluding carboxylic acids is 1. The molecule has 1 aliphatic heterocycles. The Morgan fingerprint density at radius 2 is 2.00 bits per heavy atom. The van der Waals surface area contributed by atoms with Crippen molar-refractivity contribution >= 4 is 12.9 Å². The number of hydrogen-bond donors (Lipinski definition) is 0. The molecular weight excluding hydrogens is 221 g/mol. The van der Waals surface area contributed by atoms with Gasteiger partial charge in [0.2, 0.25) is 5.91 Å². The average molecular weight is 233 g/mol. The molecule has 2 nitrogen and oxygen atoms in total. The summed E-state index contributed by atoms with van der Waals surface area (Å²) >= 11 is 0. The van der Waals surface area contributed by atoms with Gasteiger partial charge in [0, 0.05) is 19.5 Å². The van der Waals surface area contributed by atoms with E-state index in [4.69, 9.17) is 0 Å². The van der Waals surface area contributed by atoms with Crippen LogP contribution >= 0.6 is 0 Å². The van der Waals surface area contributed by atoms with Crippen LogP contribution in [0.5, 0.6) is 0 Å². The molecule has 1 saturated heterocycles. The topological polar surface area (TPSA) is 20.3 Å². The van der Waals surface area contributed by atoms with E-state index in [1.165, 1.54) is 4.90 Å². The molecule has 0 aliphatic carbocycles. The second kappa shape index (κ2) is 6.52. The van der Waals surface area contributed by atoms with Crippen LogP contribution in [-0.4, -0.2) is 30.9 Å². The number of halogens is 3. The Bertz CT molecular complexity index is 200. The SMILES string of the molecule is O=C1CCCN1CCC[B-](F)(F)F.[K+]. The third-order valence-corrected chi connectivity index (χ3v) is 2.13. The third-order valence-electron chi connectivity index (χ3n) is 2.13. The first kappa shape index (κ1) is 15.0. The van der Waals surface area contributed by atoms with E-state index in [2.05, 4.69) is 0 Å². The number of carbonyl (C=O) groups is 1. The monoisotopic (exact) mass is 233 g/mol. The Balaban J connectivity index is 0.00000169. The smallest absolute Gasteiger partial charge is 0.449 e. The largest absolute Gasteiger partial charge is 1.00 e. The molecule has 0 aromatic carbocycles. The van der Waals surface area contributed by atoms with E-state index in [1.807, 2.05) is 0 Å². The van der Waals surface area contributed by atoms with Gasteiger partial charge in [0.25, 0.3) is 0 Å². The van der Waals surface area contributed by atoms with E-state index in [1.54, 1.807) is 0 Å². The van der Waals surface area contributed by atoms with Gasteiger partial charge >= 0.3 is 58.4 Å². The van der Waals surface area contributed by atoms with E-state index >= 15 is 0 Å². The van der Waals surface area contributed by atoms with Crippen LogP contribution in [0.1, 0.15) is 19.3 Å². The molecule has 1 heterocycles. The van der Waals surface area contributed by atoms with Crippen LogP contribution in [0.25, 0.3) is 0 Å². The molecular formula is C7H12BF3KNO. The van der Waals surface area contributed by atoms with Gasteiger partial charge in [0.15, 0.2) is 0 Å². The van der Waals surface area contributed by atoms with Crippen molar-refractivity contribution < 1.29 is 69.1 Å². The second-order valence-electron chi connectivity index (χ2n) is 3.34. The normalized spacial score (nSPS) is 17.1. The van der Waals surface area contributed by atoms with Crippen LogP contribution in [0.4, 0.5) is 12.9 Å². The third kappa shape index (κ3) is 5.75. The van der Waals surface area contributed by atoms with Gasteiger partial charge in [0.1, 0.15) is 0 Å². The van der Waals surface area contributed by atoms with E-state index in [0.717, 1.165) is 6.42 Å². The van der Waals surface area contributed by atoms with Crippen LogP contribution in [0, 0.1) is 0 Å². The molecule has 0 N–H and O–H groups in total. The molecule has 1 fully saturated rings. The molecule has 0 radical (unpaired) electrons. The van der Waals surface area contributed by atoms with Crippen molar-refractivity contribution in [2.45, 2.75) is 25.6 Å².